The number of ether oxygens (including phenoxy) is 2. The molecule has 1 aromatic rings. The Hall–Kier alpha value is -1.88. The molecule has 1 saturated heterocycles. The van der Waals surface area contributed by atoms with Gasteiger partial charge in [-0.15, -0.1) is 0 Å². The van der Waals surface area contributed by atoms with Gasteiger partial charge in [-0.3, -0.25) is 4.79 Å². The zero-order chi connectivity index (χ0) is 22.6. The van der Waals surface area contributed by atoms with Crippen LogP contribution in [0.3, 0.4) is 0 Å². The van der Waals surface area contributed by atoms with E-state index in [2.05, 4.69) is 24.4 Å². The van der Waals surface area contributed by atoms with E-state index in [4.69, 9.17) is 9.47 Å². The van der Waals surface area contributed by atoms with Crippen LogP contribution in [0.25, 0.3) is 0 Å². The van der Waals surface area contributed by atoms with Gasteiger partial charge in [0.05, 0.1) is 6.33 Å². The highest BCUT2D eigenvalue weighted by Crippen LogP contribution is 2.58. The largest absolute Gasteiger partial charge is 0.489 e. The number of nitrogens with one attached hydrogen (secondary N) is 1. The lowest BCUT2D eigenvalue weighted by Gasteiger charge is -2.53. The lowest BCUT2D eigenvalue weighted by Crippen LogP contribution is -2.54. The molecule has 5 heteroatoms. The molecule has 1 amide bonds. The molecular weight excluding hydrogens is 405 g/mol. The first-order valence-corrected chi connectivity index (χ1v) is 12.4. The first-order chi connectivity index (χ1) is 15.5. The summed E-state index contributed by atoms with van der Waals surface area (Å²) >= 11 is 0. The quantitative estimate of drug-likeness (QED) is 0.548. The average Bonchev–Trinajstić information content (AvgIpc) is 2.86. The number of rotatable bonds is 8. The molecule has 1 atom stereocenters. The fraction of sp³-hybridized carbons (Fsp3) is 0.667. The molecule has 1 unspecified atom stereocenters. The topological polar surface area (TPSA) is 47.6 Å². The van der Waals surface area contributed by atoms with Crippen molar-refractivity contribution in [1.82, 2.24) is 5.32 Å². The van der Waals surface area contributed by atoms with E-state index in [0.717, 1.165) is 70.3 Å². The van der Waals surface area contributed by atoms with Crippen LogP contribution in [0.1, 0.15) is 77.2 Å². The van der Waals surface area contributed by atoms with Crippen molar-refractivity contribution in [2.45, 2.75) is 83.1 Å². The molecule has 0 radical (unpaired) electrons. The Kier molecular flexibility index (Phi) is 7.24. The number of carbonyl (C=O) groups excluding carboxylic acids is 1. The Labute approximate surface area is 191 Å². The minimum atomic E-state index is -0.181. The van der Waals surface area contributed by atoms with E-state index in [1.54, 1.807) is 0 Å². The molecule has 2 bridgehead atoms. The Balaban J connectivity index is 1.34. The summed E-state index contributed by atoms with van der Waals surface area (Å²) in [5, 5.41) is 3.39. The lowest BCUT2D eigenvalue weighted by atomic mass is 9.51. The third kappa shape index (κ3) is 4.73. The summed E-state index contributed by atoms with van der Waals surface area (Å²) in [4.78, 5) is 13.3. The predicted octanol–water partition coefficient (Wildman–Crippen LogP) is 5.85. The third-order valence-electron chi connectivity index (χ3n) is 8.56. The number of amides is 1. The van der Waals surface area contributed by atoms with E-state index < -0.39 is 0 Å². The first-order valence-electron chi connectivity index (χ1n) is 12.4. The van der Waals surface area contributed by atoms with Gasteiger partial charge in [-0.25, -0.2) is 4.39 Å². The second-order valence-electron chi connectivity index (χ2n) is 10.2. The van der Waals surface area contributed by atoms with Gasteiger partial charge in [-0.05, 0) is 99.3 Å². The SMILES string of the molecule is CC/C(=C\F)COc1ccc(C23CCC(C(=O)NC(C)C4CCOCC4)(CC2)CC3)cc1. The maximum atomic E-state index is 13.3. The molecule has 1 aliphatic heterocycles. The second kappa shape index (κ2) is 9.94. The van der Waals surface area contributed by atoms with E-state index in [1.807, 2.05) is 19.1 Å². The molecule has 32 heavy (non-hydrogen) atoms. The van der Waals surface area contributed by atoms with Gasteiger partial charge < -0.3 is 14.8 Å². The van der Waals surface area contributed by atoms with Gasteiger partial charge in [0.15, 0.2) is 0 Å². The lowest BCUT2D eigenvalue weighted by molar-refractivity contribution is -0.139. The highest BCUT2D eigenvalue weighted by molar-refractivity contribution is 5.83. The Morgan fingerprint density at radius 3 is 2.34 bits per heavy atom. The van der Waals surface area contributed by atoms with E-state index in [1.165, 1.54) is 5.56 Å². The number of hydrogen-bond donors (Lipinski definition) is 1. The molecule has 4 fully saturated rings. The number of carbonyl (C=O) groups is 1. The molecule has 3 saturated carbocycles. The highest BCUT2D eigenvalue weighted by atomic mass is 19.1. The summed E-state index contributed by atoms with van der Waals surface area (Å²) in [6.07, 6.45) is 9.49. The van der Waals surface area contributed by atoms with Gasteiger partial charge in [0.25, 0.3) is 0 Å². The molecule has 5 rings (SSSR count). The molecule has 0 spiro atoms. The Morgan fingerprint density at radius 2 is 1.78 bits per heavy atom. The van der Waals surface area contributed by atoms with Gasteiger partial charge in [0.1, 0.15) is 12.4 Å². The van der Waals surface area contributed by atoms with Crippen molar-refractivity contribution in [2.24, 2.45) is 11.3 Å². The van der Waals surface area contributed by atoms with Crippen LogP contribution in [-0.4, -0.2) is 31.8 Å². The summed E-state index contributed by atoms with van der Waals surface area (Å²) < 4.78 is 24.0. The van der Waals surface area contributed by atoms with Gasteiger partial charge in [-0.1, -0.05) is 19.1 Å². The molecular formula is C27H38FNO3. The van der Waals surface area contributed by atoms with Crippen LogP contribution in [0.2, 0.25) is 0 Å². The van der Waals surface area contributed by atoms with Crippen molar-refractivity contribution in [1.29, 1.82) is 0 Å². The molecule has 176 valence electrons. The smallest absolute Gasteiger partial charge is 0.226 e. The highest BCUT2D eigenvalue weighted by Gasteiger charge is 2.53. The van der Waals surface area contributed by atoms with E-state index >= 15 is 0 Å². The normalized spacial score (nSPS) is 29.5. The number of hydrogen-bond acceptors (Lipinski definition) is 3. The minimum absolute atomic E-state index is 0.181. The minimum Gasteiger partial charge on any atom is -0.489 e. The summed E-state index contributed by atoms with van der Waals surface area (Å²) in [5.74, 6) is 1.59. The molecule has 1 N–H and O–H groups in total. The average molecular weight is 444 g/mol. The third-order valence-corrected chi connectivity index (χ3v) is 8.56. The fourth-order valence-corrected chi connectivity index (χ4v) is 5.94. The molecule has 1 aromatic carbocycles. The van der Waals surface area contributed by atoms with Crippen molar-refractivity contribution in [2.75, 3.05) is 19.8 Å². The predicted molar refractivity (Wildman–Crippen MR) is 124 cm³/mol. The van der Waals surface area contributed by atoms with Crippen molar-refractivity contribution < 1.29 is 18.7 Å². The second-order valence-corrected chi connectivity index (χ2v) is 10.2. The summed E-state index contributed by atoms with van der Waals surface area (Å²) in [6, 6.07) is 8.59. The zero-order valence-electron chi connectivity index (χ0n) is 19.6. The first kappa shape index (κ1) is 23.3. The summed E-state index contributed by atoms with van der Waals surface area (Å²) in [6.45, 7) is 6.01. The van der Waals surface area contributed by atoms with Crippen LogP contribution in [0, 0.1) is 11.3 Å². The Bertz CT molecular complexity index is 788. The molecule has 4 nitrogen and oxygen atoms in total. The van der Waals surface area contributed by atoms with Crippen molar-refractivity contribution >= 4 is 5.91 Å². The van der Waals surface area contributed by atoms with E-state index in [9.17, 15) is 9.18 Å². The monoisotopic (exact) mass is 443 g/mol. The Morgan fingerprint density at radius 1 is 1.16 bits per heavy atom. The van der Waals surface area contributed by atoms with Crippen LogP contribution in [-0.2, 0) is 14.9 Å². The van der Waals surface area contributed by atoms with Crippen molar-refractivity contribution in [3.8, 4) is 5.75 Å². The number of halogens is 1. The molecule has 4 aliphatic rings. The zero-order valence-corrected chi connectivity index (χ0v) is 19.6. The van der Waals surface area contributed by atoms with Crippen molar-refractivity contribution in [3.63, 3.8) is 0 Å². The van der Waals surface area contributed by atoms with Crippen LogP contribution >= 0.6 is 0 Å². The standard InChI is InChI=1S/C27H38FNO3/c1-3-21(18-28)19-32-24-6-4-23(5-7-24)26-10-13-27(14-11-26,15-12-26)25(30)29-20(2)22-8-16-31-17-9-22/h4-7,18,20,22H,3,8-17,19H2,1-2H3,(H,29,30)/b21-18+. The summed E-state index contributed by atoms with van der Waals surface area (Å²) in [5.41, 5.74) is 2.01. The summed E-state index contributed by atoms with van der Waals surface area (Å²) in [7, 11) is 0. The van der Waals surface area contributed by atoms with E-state index in [-0.39, 0.29) is 22.8 Å². The van der Waals surface area contributed by atoms with Crippen LogP contribution in [0.15, 0.2) is 36.2 Å². The van der Waals surface area contributed by atoms with Crippen molar-refractivity contribution in [3.05, 3.63) is 41.7 Å². The molecule has 0 aromatic heterocycles. The van der Waals surface area contributed by atoms with Gasteiger partial charge in [0.2, 0.25) is 5.91 Å². The number of benzene rings is 1. The molecule has 3 aliphatic carbocycles. The molecule has 1 heterocycles. The van der Waals surface area contributed by atoms with Gasteiger partial charge in [0, 0.05) is 24.7 Å². The van der Waals surface area contributed by atoms with Crippen LogP contribution in [0.5, 0.6) is 5.75 Å². The maximum absolute atomic E-state index is 13.3. The maximum Gasteiger partial charge on any atom is 0.226 e. The number of fused-ring (bicyclic) bond motifs is 3. The van der Waals surface area contributed by atoms with E-state index in [0.29, 0.717) is 30.8 Å². The van der Waals surface area contributed by atoms with Crippen LogP contribution in [0.4, 0.5) is 4.39 Å². The van der Waals surface area contributed by atoms with Gasteiger partial charge >= 0.3 is 0 Å². The van der Waals surface area contributed by atoms with Crippen LogP contribution < -0.4 is 10.1 Å². The van der Waals surface area contributed by atoms with Gasteiger partial charge in [-0.2, -0.15) is 0 Å². The fourth-order valence-electron chi connectivity index (χ4n) is 5.94.